The van der Waals surface area contributed by atoms with E-state index in [-0.39, 0.29) is 0 Å². The van der Waals surface area contributed by atoms with E-state index in [0.29, 0.717) is 16.6 Å². The van der Waals surface area contributed by atoms with Gasteiger partial charge in [-0.2, -0.15) is 0 Å². The Morgan fingerprint density at radius 3 is 2.62 bits per heavy atom. The van der Waals surface area contributed by atoms with Gasteiger partial charge in [-0.3, -0.25) is 4.79 Å². The lowest BCUT2D eigenvalue weighted by Crippen LogP contribution is -2.08. The fraction of sp³-hybridized carbons (Fsp3) is 0.650. The van der Waals surface area contributed by atoms with Gasteiger partial charge in [-0.05, 0) is 41.6 Å². The zero-order chi connectivity index (χ0) is 14.9. The quantitative estimate of drug-likeness (QED) is 0.630. The van der Waals surface area contributed by atoms with E-state index >= 15 is 0 Å². The van der Waals surface area contributed by atoms with Crippen molar-refractivity contribution < 1.29 is 4.79 Å². The molecule has 2 aliphatic carbocycles. The smallest absolute Gasteiger partial charge is 0.134 e. The molecule has 1 nitrogen and oxygen atoms in total. The number of unbranched alkanes of at least 4 members (excludes halogenated alkanes) is 2. The van der Waals surface area contributed by atoms with Crippen molar-refractivity contribution in [2.75, 3.05) is 0 Å². The van der Waals surface area contributed by atoms with E-state index in [1.807, 2.05) is 0 Å². The van der Waals surface area contributed by atoms with Crippen molar-refractivity contribution in [1.82, 2.24) is 0 Å². The fourth-order valence-electron chi connectivity index (χ4n) is 5.19. The number of carbonyl (C=O) groups is 1. The van der Waals surface area contributed by atoms with Crippen molar-refractivity contribution in [3.8, 4) is 0 Å². The minimum atomic E-state index is 0.326. The van der Waals surface area contributed by atoms with Crippen LogP contribution in [-0.2, 0) is 11.2 Å². The van der Waals surface area contributed by atoms with Crippen LogP contribution < -0.4 is 0 Å². The summed E-state index contributed by atoms with van der Waals surface area (Å²) >= 11 is 0. The summed E-state index contributed by atoms with van der Waals surface area (Å²) in [6.07, 6.45) is 9.33. The number of rotatable bonds is 7. The van der Waals surface area contributed by atoms with Gasteiger partial charge in [-0.1, -0.05) is 63.4 Å². The average molecular weight is 284 g/mol. The number of carbonyl (C=O) groups excluding carboxylic acids is 1. The molecule has 0 heterocycles. The molecule has 0 amide bonds. The van der Waals surface area contributed by atoms with Gasteiger partial charge in [0.25, 0.3) is 0 Å². The van der Waals surface area contributed by atoms with Crippen LogP contribution >= 0.6 is 0 Å². The van der Waals surface area contributed by atoms with Crippen LogP contribution in [0.4, 0.5) is 0 Å². The molecular weight excluding hydrogens is 256 g/mol. The van der Waals surface area contributed by atoms with Crippen LogP contribution in [0, 0.1) is 16.7 Å². The topological polar surface area (TPSA) is 17.1 Å². The Balaban J connectivity index is 1.64. The number of benzene rings is 1. The summed E-state index contributed by atoms with van der Waals surface area (Å²) in [4.78, 5) is 11.9. The fourth-order valence-corrected chi connectivity index (χ4v) is 5.19. The minimum absolute atomic E-state index is 0.326. The van der Waals surface area contributed by atoms with Crippen LogP contribution in [0.3, 0.4) is 0 Å². The van der Waals surface area contributed by atoms with Gasteiger partial charge in [0.05, 0.1) is 0 Å². The zero-order valence-electron chi connectivity index (χ0n) is 13.5. The molecule has 0 radical (unpaired) electrons. The Morgan fingerprint density at radius 2 is 1.90 bits per heavy atom. The Kier molecular flexibility index (Phi) is 3.94. The molecule has 1 heteroatoms. The highest BCUT2D eigenvalue weighted by molar-refractivity contribution is 5.85. The van der Waals surface area contributed by atoms with E-state index in [1.54, 1.807) is 0 Å². The number of Topliss-reactive ketones (excluding diaryl/α,β-unsaturated/α-hetero) is 1. The molecule has 1 aromatic rings. The first-order valence-corrected chi connectivity index (χ1v) is 8.68. The number of fused-ring (bicyclic) bond motifs is 1. The molecule has 1 aromatic carbocycles. The average Bonchev–Trinajstić information content (AvgIpc) is 2.79. The van der Waals surface area contributed by atoms with Crippen molar-refractivity contribution in [3.05, 3.63) is 35.9 Å². The van der Waals surface area contributed by atoms with E-state index in [4.69, 9.17) is 0 Å². The third-order valence-corrected chi connectivity index (χ3v) is 6.36. The van der Waals surface area contributed by atoms with Gasteiger partial charge in [0.1, 0.15) is 5.78 Å². The first kappa shape index (κ1) is 14.8. The van der Waals surface area contributed by atoms with Gasteiger partial charge in [0.15, 0.2) is 0 Å². The molecule has 0 saturated heterocycles. The molecule has 3 atom stereocenters. The predicted octanol–water partition coefficient (Wildman–Crippen LogP) is 5.18. The summed E-state index contributed by atoms with van der Waals surface area (Å²) in [5.41, 5.74) is 2.14. The summed E-state index contributed by atoms with van der Waals surface area (Å²) in [7, 11) is 0. The molecule has 0 unspecified atom stereocenters. The lowest BCUT2D eigenvalue weighted by Gasteiger charge is -2.14. The second-order valence-electron chi connectivity index (χ2n) is 7.50. The first-order valence-electron chi connectivity index (χ1n) is 8.68. The number of hydrogen-bond donors (Lipinski definition) is 0. The second-order valence-corrected chi connectivity index (χ2v) is 7.50. The molecule has 0 N–H and O–H groups in total. The molecule has 2 fully saturated rings. The van der Waals surface area contributed by atoms with E-state index in [2.05, 4.69) is 44.2 Å². The van der Waals surface area contributed by atoms with Crippen molar-refractivity contribution in [1.29, 1.82) is 0 Å². The highest BCUT2D eigenvalue weighted by Gasteiger charge is 2.75. The molecular formula is C20H28O. The molecule has 21 heavy (non-hydrogen) atoms. The molecule has 2 saturated carbocycles. The Morgan fingerprint density at radius 1 is 1.14 bits per heavy atom. The van der Waals surface area contributed by atoms with E-state index < -0.39 is 0 Å². The third kappa shape index (κ3) is 2.45. The van der Waals surface area contributed by atoms with Gasteiger partial charge in [0, 0.05) is 12.8 Å². The van der Waals surface area contributed by atoms with Crippen molar-refractivity contribution in [2.45, 2.75) is 65.2 Å². The van der Waals surface area contributed by atoms with Crippen LogP contribution in [0.1, 0.15) is 64.4 Å². The number of aryl methyl sites for hydroxylation is 1. The molecule has 0 spiro atoms. The van der Waals surface area contributed by atoms with E-state index in [0.717, 1.165) is 18.8 Å². The number of ketones is 1. The van der Waals surface area contributed by atoms with Gasteiger partial charge in [-0.25, -0.2) is 0 Å². The van der Waals surface area contributed by atoms with Gasteiger partial charge in [0.2, 0.25) is 0 Å². The summed E-state index contributed by atoms with van der Waals surface area (Å²) in [6.45, 7) is 4.65. The van der Waals surface area contributed by atoms with Crippen molar-refractivity contribution in [3.63, 3.8) is 0 Å². The second kappa shape index (κ2) is 5.59. The molecule has 3 rings (SSSR count). The highest BCUT2D eigenvalue weighted by atomic mass is 16.1. The first-order chi connectivity index (χ1) is 10.1. The zero-order valence-corrected chi connectivity index (χ0v) is 13.5. The monoisotopic (exact) mass is 284 g/mol. The summed E-state index contributed by atoms with van der Waals surface area (Å²) < 4.78 is 0. The maximum absolute atomic E-state index is 11.9. The Hall–Kier alpha value is -1.11. The molecule has 114 valence electrons. The molecule has 0 aliphatic heterocycles. The van der Waals surface area contributed by atoms with Crippen LogP contribution in [0.15, 0.2) is 30.3 Å². The third-order valence-electron chi connectivity index (χ3n) is 6.36. The summed E-state index contributed by atoms with van der Waals surface area (Å²) in [5.74, 6) is 1.30. The SMILES string of the molecule is CCCCC[C@@]12CC(=O)C[C@]1(C)[C@@H]2CCc1ccccc1. The molecule has 2 aliphatic rings. The van der Waals surface area contributed by atoms with Gasteiger partial charge >= 0.3 is 0 Å². The summed E-state index contributed by atoms with van der Waals surface area (Å²) in [5, 5.41) is 0. The minimum Gasteiger partial charge on any atom is -0.300 e. The largest absolute Gasteiger partial charge is 0.300 e. The number of hydrogen-bond acceptors (Lipinski definition) is 1. The van der Waals surface area contributed by atoms with E-state index in [9.17, 15) is 4.79 Å². The van der Waals surface area contributed by atoms with Crippen molar-refractivity contribution in [2.24, 2.45) is 16.7 Å². The maximum atomic E-state index is 11.9. The lowest BCUT2D eigenvalue weighted by atomic mass is 9.89. The normalized spacial score (nSPS) is 34.0. The summed E-state index contributed by atoms with van der Waals surface area (Å²) in [6, 6.07) is 10.8. The van der Waals surface area contributed by atoms with Crippen LogP contribution in [0.25, 0.3) is 0 Å². The van der Waals surface area contributed by atoms with Crippen LogP contribution in [0.5, 0.6) is 0 Å². The standard InChI is InChI=1S/C20H28O/c1-3-4-8-13-20-15-17(21)14-19(20,2)18(20)12-11-16-9-6-5-7-10-16/h5-7,9-10,18H,3-4,8,11-15H2,1-2H3/t18-,19+,20-/m0/s1. The van der Waals surface area contributed by atoms with Crippen LogP contribution in [-0.4, -0.2) is 5.78 Å². The highest BCUT2D eigenvalue weighted by Crippen LogP contribution is 2.79. The van der Waals surface area contributed by atoms with Crippen LogP contribution in [0.2, 0.25) is 0 Å². The maximum Gasteiger partial charge on any atom is 0.134 e. The van der Waals surface area contributed by atoms with E-state index in [1.165, 1.54) is 44.1 Å². The van der Waals surface area contributed by atoms with Crippen molar-refractivity contribution >= 4 is 5.78 Å². The lowest BCUT2D eigenvalue weighted by molar-refractivity contribution is -0.119. The molecule has 0 bridgehead atoms. The predicted molar refractivity (Wildman–Crippen MR) is 87.2 cm³/mol. The molecule has 0 aromatic heterocycles. The van der Waals surface area contributed by atoms with Gasteiger partial charge < -0.3 is 0 Å². The van der Waals surface area contributed by atoms with Gasteiger partial charge in [-0.15, -0.1) is 0 Å². The Labute approximate surface area is 129 Å². The Bertz CT molecular complexity index is 506.